The molecule has 0 bridgehead atoms. The van der Waals surface area contributed by atoms with E-state index in [2.05, 4.69) is 9.72 Å². The third-order valence-corrected chi connectivity index (χ3v) is 3.62. The van der Waals surface area contributed by atoms with Gasteiger partial charge in [0.2, 0.25) is 0 Å². The summed E-state index contributed by atoms with van der Waals surface area (Å²) >= 11 is 1.49. The Hall–Kier alpha value is -1.88. The molecule has 0 aliphatic heterocycles. The summed E-state index contributed by atoms with van der Waals surface area (Å²) in [5, 5.41) is 2.71. The molecule has 5 heteroatoms. The van der Waals surface area contributed by atoms with Gasteiger partial charge in [0.1, 0.15) is 10.8 Å². The lowest BCUT2D eigenvalue weighted by Crippen LogP contribution is -2.04. The van der Waals surface area contributed by atoms with Crippen molar-refractivity contribution < 1.29 is 14.3 Å². The monoisotopic (exact) mass is 277 g/mol. The van der Waals surface area contributed by atoms with Crippen molar-refractivity contribution in [3.63, 3.8) is 0 Å². The summed E-state index contributed by atoms with van der Waals surface area (Å²) in [4.78, 5) is 15.7. The first-order valence-corrected chi connectivity index (χ1v) is 6.68. The van der Waals surface area contributed by atoms with Crippen LogP contribution in [-0.4, -0.2) is 25.2 Å². The van der Waals surface area contributed by atoms with Crippen LogP contribution in [0.4, 0.5) is 0 Å². The molecule has 0 radical (unpaired) electrons. The molecule has 0 amide bonds. The summed E-state index contributed by atoms with van der Waals surface area (Å²) in [6, 6.07) is 5.96. The number of nitrogens with zero attached hydrogens (tertiary/aromatic N) is 1. The van der Waals surface area contributed by atoms with Crippen LogP contribution in [0.25, 0.3) is 10.6 Å². The Morgan fingerprint density at radius 1 is 1.37 bits per heavy atom. The Morgan fingerprint density at radius 3 is 2.84 bits per heavy atom. The lowest BCUT2D eigenvalue weighted by atomic mass is 10.1. The second-order valence-electron chi connectivity index (χ2n) is 4.10. The molecular formula is C14H15NO3S. The highest BCUT2D eigenvalue weighted by molar-refractivity contribution is 7.13. The van der Waals surface area contributed by atoms with Crippen molar-refractivity contribution in [3.8, 4) is 16.3 Å². The van der Waals surface area contributed by atoms with Crippen LogP contribution in [-0.2, 0) is 16.0 Å². The van der Waals surface area contributed by atoms with Crippen LogP contribution in [0.15, 0.2) is 23.6 Å². The van der Waals surface area contributed by atoms with Crippen LogP contribution < -0.4 is 4.74 Å². The molecule has 2 rings (SSSR count). The van der Waals surface area contributed by atoms with Crippen molar-refractivity contribution in [2.45, 2.75) is 13.3 Å². The number of hydrogen-bond acceptors (Lipinski definition) is 5. The number of aryl methyl sites for hydroxylation is 1. The molecule has 4 nitrogen and oxygen atoms in total. The largest absolute Gasteiger partial charge is 0.496 e. The van der Waals surface area contributed by atoms with E-state index >= 15 is 0 Å². The molecule has 100 valence electrons. The maximum atomic E-state index is 11.2. The molecule has 0 N–H and O–H groups in total. The Labute approximate surface area is 116 Å². The highest BCUT2D eigenvalue weighted by atomic mass is 32.1. The Kier molecular flexibility index (Phi) is 4.16. The number of methoxy groups -OCH3 is 2. The van der Waals surface area contributed by atoms with Crippen LogP contribution in [0.3, 0.4) is 0 Å². The number of aromatic nitrogens is 1. The fourth-order valence-electron chi connectivity index (χ4n) is 1.71. The van der Waals surface area contributed by atoms with E-state index in [0.717, 1.165) is 27.6 Å². The number of benzene rings is 1. The van der Waals surface area contributed by atoms with E-state index in [9.17, 15) is 4.79 Å². The summed E-state index contributed by atoms with van der Waals surface area (Å²) in [5.74, 6) is 0.506. The zero-order valence-corrected chi connectivity index (χ0v) is 11.9. The molecule has 0 aliphatic rings. The fraction of sp³-hybridized carbons (Fsp3) is 0.286. The van der Waals surface area contributed by atoms with E-state index in [0.29, 0.717) is 0 Å². The van der Waals surface area contributed by atoms with E-state index in [1.165, 1.54) is 18.4 Å². The van der Waals surface area contributed by atoms with Crippen LogP contribution in [0.2, 0.25) is 0 Å². The molecule has 1 aromatic carbocycles. The minimum absolute atomic E-state index is 0.196. The lowest BCUT2D eigenvalue weighted by molar-refractivity contribution is -0.139. The molecule has 1 aromatic heterocycles. The highest BCUT2D eigenvalue weighted by Gasteiger charge is 2.12. The zero-order valence-electron chi connectivity index (χ0n) is 11.1. The second-order valence-corrected chi connectivity index (χ2v) is 4.96. The highest BCUT2D eigenvalue weighted by Crippen LogP contribution is 2.33. The van der Waals surface area contributed by atoms with E-state index in [1.807, 2.05) is 30.5 Å². The van der Waals surface area contributed by atoms with Crippen molar-refractivity contribution >= 4 is 17.3 Å². The summed E-state index contributed by atoms with van der Waals surface area (Å²) in [6.07, 6.45) is 0.196. The predicted molar refractivity (Wildman–Crippen MR) is 74.6 cm³/mol. The minimum Gasteiger partial charge on any atom is -0.496 e. The van der Waals surface area contributed by atoms with Crippen LogP contribution in [0.1, 0.15) is 11.3 Å². The van der Waals surface area contributed by atoms with E-state index in [1.54, 1.807) is 7.11 Å². The van der Waals surface area contributed by atoms with Gasteiger partial charge in [-0.2, -0.15) is 0 Å². The van der Waals surface area contributed by atoms with Gasteiger partial charge in [-0.3, -0.25) is 4.79 Å². The van der Waals surface area contributed by atoms with E-state index in [-0.39, 0.29) is 12.4 Å². The standard InChI is InChI=1S/C14H15NO3S/c1-9-4-5-11(12(6-9)17-2)14-15-10(8-19-14)7-13(16)18-3/h4-6,8H,7H2,1-3H3. The quantitative estimate of drug-likeness (QED) is 0.806. The Morgan fingerprint density at radius 2 is 2.16 bits per heavy atom. The maximum absolute atomic E-state index is 11.2. The van der Waals surface area contributed by atoms with E-state index in [4.69, 9.17) is 4.74 Å². The van der Waals surface area contributed by atoms with Gasteiger partial charge < -0.3 is 9.47 Å². The van der Waals surface area contributed by atoms with Gasteiger partial charge in [-0.15, -0.1) is 11.3 Å². The van der Waals surface area contributed by atoms with Crippen LogP contribution >= 0.6 is 11.3 Å². The molecule has 0 saturated heterocycles. The average molecular weight is 277 g/mol. The van der Waals surface area contributed by atoms with Crippen molar-refractivity contribution in [2.75, 3.05) is 14.2 Å². The normalized spacial score (nSPS) is 10.3. The van der Waals surface area contributed by atoms with Crippen LogP contribution in [0, 0.1) is 6.92 Å². The second kappa shape index (κ2) is 5.84. The summed E-state index contributed by atoms with van der Waals surface area (Å²) < 4.78 is 10.00. The number of esters is 1. The molecule has 0 spiro atoms. The first-order chi connectivity index (χ1) is 9.13. The Balaban J connectivity index is 2.30. The molecule has 1 heterocycles. The smallest absolute Gasteiger partial charge is 0.311 e. The number of rotatable bonds is 4. The fourth-order valence-corrected chi connectivity index (χ4v) is 2.56. The number of carbonyl (C=O) groups excluding carboxylic acids is 1. The van der Waals surface area contributed by atoms with Crippen molar-refractivity contribution in [3.05, 3.63) is 34.8 Å². The molecule has 2 aromatic rings. The third-order valence-electron chi connectivity index (χ3n) is 2.69. The SMILES string of the molecule is COC(=O)Cc1csc(-c2ccc(C)cc2OC)n1. The minimum atomic E-state index is -0.285. The molecule has 0 atom stereocenters. The summed E-state index contributed by atoms with van der Waals surface area (Å²) in [5.41, 5.74) is 2.79. The Bertz CT molecular complexity index is 592. The topological polar surface area (TPSA) is 48.4 Å². The molecule has 0 unspecified atom stereocenters. The third kappa shape index (κ3) is 3.12. The first-order valence-electron chi connectivity index (χ1n) is 5.80. The number of carbonyl (C=O) groups is 1. The van der Waals surface area contributed by atoms with Gasteiger partial charge in [-0.1, -0.05) is 6.07 Å². The van der Waals surface area contributed by atoms with Crippen molar-refractivity contribution in [1.29, 1.82) is 0 Å². The molecule has 0 saturated carbocycles. The first kappa shape index (κ1) is 13.5. The van der Waals surface area contributed by atoms with Gasteiger partial charge in [0.25, 0.3) is 0 Å². The molecule has 19 heavy (non-hydrogen) atoms. The van der Waals surface area contributed by atoms with Crippen molar-refractivity contribution in [1.82, 2.24) is 4.98 Å². The average Bonchev–Trinajstić information content (AvgIpc) is 2.86. The van der Waals surface area contributed by atoms with Gasteiger partial charge in [0.05, 0.1) is 31.9 Å². The number of thiazole rings is 1. The maximum Gasteiger partial charge on any atom is 0.311 e. The summed E-state index contributed by atoms with van der Waals surface area (Å²) in [6.45, 7) is 2.01. The van der Waals surface area contributed by atoms with Gasteiger partial charge in [0.15, 0.2) is 0 Å². The zero-order chi connectivity index (χ0) is 13.8. The van der Waals surface area contributed by atoms with E-state index < -0.39 is 0 Å². The van der Waals surface area contributed by atoms with Crippen LogP contribution in [0.5, 0.6) is 5.75 Å². The molecule has 0 aliphatic carbocycles. The predicted octanol–water partition coefficient (Wildman–Crippen LogP) is 2.84. The van der Waals surface area contributed by atoms with Gasteiger partial charge in [0, 0.05) is 5.38 Å². The van der Waals surface area contributed by atoms with Gasteiger partial charge in [-0.05, 0) is 24.6 Å². The molecule has 0 fully saturated rings. The lowest BCUT2D eigenvalue weighted by Gasteiger charge is -2.06. The van der Waals surface area contributed by atoms with Gasteiger partial charge in [-0.25, -0.2) is 4.98 Å². The molecular weight excluding hydrogens is 262 g/mol. The van der Waals surface area contributed by atoms with Crippen molar-refractivity contribution in [2.24, 2.45) is 0 Å². The number of ether oxygens (including phenoxy) is 2. The summed E-state index contributed by atoms with van der Waals surface area (Å²) in [7, 11) is 3.01. The number of hydrogen-bond donors (Lipinski definition) is 0. The van der Waals surface area contributed by atoms with Gasteiger partial charge >= 0.3 is 5.97 Å².